The zero-order chi connectivity index (χ0) is 14.0. The molecule has 0 aliphatic carbocycles. The summed E-state index contributed by atoms with van der Waals surface area (Å²) in [5, 5.41) is -0.0446. The second kappa shape index (κ2) is 5.22. The molecule has 0 saturated heterocycles. The van der Waals surface area contributed by atoms with Gasteiger partial charge in [0.2, 0.25) is 0 Å². The molecule has 0 fully saturated rings. The normalized spacial score (nSPS) is 14.4. The van der Waals surface area contributed by atoms with Crippen LogP contribution in [0.5, 0.6) is 0 Å². The topological polar surface area (TPSA) is 109 Å². The Hall–Kier alpha value is -0.530. The molecule has 0 heterocycles. The molecule has 18 heavy (non-hydrogen) atoms. The molecule has 0 saturated carbocycles. The quantitative estimate of drug-likeness (QED) is 0.622. The molecule has 0 aromatic heterocycles. The summed E-state index contributed by atoms with van der Waals surface area (Å²) in [4.78, 5) is 0. The fourth-order valence-electron chi connectivity index (χ4n) is 1.85. The van der Waals surface area contributed by atoms with E-state index in [0.29, 0.717) is 0 Å². The minimum atomic E-state index is -4.90. The second-order valence-electron chi connectivity index (χ2n) is 3.82. The standard InChI is InChI=1S/C9H15O6PS2/c1-2-8-16(17(10,11)12,18(13,14)15)9-6-4-3-5-7-9/h3-7,16H,2,8H2,1H3,(H,10,11,12)(H,13,14,15). The van der Waals surface area contributed by atoms with Crippen molar-refractivity contribution >= 4 is 30.4 Å². The Labute approximate surface area is 106 Å². The van der Waals surface area contributed by atoms with Gasteiger partial charge in [-0.1, -0.05) is 0 Å². The molecule has 0 radical (unpaired) electrons. The van der Waals surface area contributed by atoms with Crippen molar-refractivity contribution in [3.8, 4) is 0 Å². The van der Waals surface area contributed by atoms with E-state index in [-0.39, 0.29) is 17.9 Å². The molecular formula is C9H15O6PS2. The van der Waals surface area contributed by atoms with Crippen LogP contribution in [0.4, 0.5) is 0 Å². The first kappa shape index (κ1) is 15.5. The summed E-state index contributed by atoms with van der Waals surface area (Å²) in [6, 6.07) is 7.10. The van der Waals surface area contributed by atoms with Gasteiger partial charge in [-0.05, 0) is 0 Å². The van der Waals surface area contributed by atoms with Crippen LogP contribution in [0.3, 0.4) is 0 Å². The van der Waals surface area contributed by atoms with Crippen LogP contribution in [-0.4, -0.2) is 32.1 Å². The van der Waals surface area contributed by atoms with Crippen molar-refractivity contribution < 1.29 is 25.9 Å². The van der Waals surface area contributed by atoms with E-state index in [1.807, 2.05) is 0 Å². The van der Waals surface area contributed by atoms with Gasteiger partial charge in [-0.25, -0.2) is 0 Å². The molecule has 0 unspecified atom stereocenters. The van der Waals surface area contributed by atoms with Crippen LogP contribution in [0.25, 0.3) is 0 Å². The third kappa shape index (κ3) is 2.57. The molecule has 1 aromatic carbocycles. The molecule has 0 aliphatic heterocycles. The Kier molecular flexibility index (Phi) is 4.51. The van der Waals surface area contributed by atoms with Crippen molar-refractivity contribution in [3.05, 3.63) is 30.3 Å². The van der Waals surface area contributed by atoms with Gasteiger partial charge < -0.3 is 0 Å². The zero-order valence-corrected chi connectivity index (χ0v) is 12.3. The van der Waals surface area contributed by atoms with Gasteiger partial charge in [0.1, 0.15) is 0 Å². The summed E-state index contributed by atoms with van der Waals surface area (Å²) in [7, 11) is -9.80. The third-order valence-corrected chi connectivity index (χ3v) is 18.1. The second-order valence-corrected chi connectivity index (χ2v) is 16.4. The van der Waals surface area contributed by atoms with Gasteiger partial charge in [0.25, 0.3) is 0 Å². The van der Waals surface area contributed by atoms with Crippen LogP contribution in [0.1, 0.15) is 13.3 Å². The van der Waals surface area contributed by atoms with E-state index in [1.54, 1.807) is 13.0 Å². The number of hydrogen-bond acceptors (Lipinski definition) is 4. The molecule has 6 nitrogen and oxygen atoms in total. The third-order valence-electron chi connectivity index (χ3n) is 2.63. The maximum absolute atomic E-state index is 11.6. The first-order valence-electron chi connectivity index (χ1n) is 5.16. The first-order valence-corrected chi connectivity index (χ1v) is 11.7. The SMILES string of the molecule is CCC[PH](c1ccccc1)(S(=O)(=O)O)S(=O)(=O)O. The van der Waals surface area contributed by atoms with E-state index >= 15 is 0 Å². The molecule has 9 heteroatoms. The van der Waals surface area contributed by atoms with Crippen LogP contribution in [0.2, 0.25) is 0 Å². The van der Waals surface area contributed by atoms with Gasteiger partial charge >= 0.3 is 106 Å². The Morgan fingerprint density at radius 1 is 1.00 bits per heavy atom. The van der Waals surface area contributed by atoms with Crippen molar-refractivity contribution in [2.45, 2.75) is 13.3 Å². The van der Waals surface area contributed by atoms with Gasteiger partial charge in [-0.2, -0.15) is 0 Å². The van der Waals surface area contributed by atoms with Crippen LogP contribution in [0.15, 0.2) is 30.3 Å². The summed E-state index contributed by atoms with van der Waals surface area (Å²) < 4.78 is 65.0. The summed E-state index contributed by atoms with van der Waals surface area (Å²) in [5.74, 6) is 0. The van der Waals surface area contributed by atoms with Gasteiger partial charge in [-0.15, -0.1) is 0 Å². The molecule has 2 N–H and O–H groups in total. The first-order chi connectivity index (χ1) is 8.17. The van der Waals surface area contributed by atoms with Crippen molar-refractivity contribution in [1.82, 2.24) is 0 Å². The molecule has 0 amide bonds. The zero-order valence-electron chi connectivity index (χ0n) is 9.64. The van der Waals surface area contributed by atoms with E-state index in [1.165, 1.54) is 24.3 Å². The van der Waals surface area contributed by atoms with E-state index in [2.05, 4.69) is 0 Å². The predicted octanol–water partition coefficient (Wildman–Crippen LogP) is 1.08. The summed E-state index contributed by atoms with van der Waals surface area (Å²) in [5.41, 5.74) is -4.52. The van der Waals surface area contributed by atoms with Crippen molar-refractivity contribution in [3.63, 3.8) is 0 Å². The monoisotopic (exact) mass is 314 g/mol. The maximum atomic E-state index is 11.6. The molecule has 0 atom stereocenters. The average molecular weight is 314 g/mol. The number of benzene rings is 1. The fourth-order valence-corrected chi connectivity index (χ4v) is 13.4. The predicted molar refractivity (Wildman–Crippen MR) is 72.6 cm³/mol. The molecule has 0 aliphatic rings. The van der Waals surface area contributed by atoms with E-state index in [9.17, 15) is 25.9 Å². The molecular weight excluding hydrogens is 299 g/mol. The summed E-state index contributed by atoms with van der Waals surface area (Å²) in [6.07, 6.45) is -0.0879. The Bertz CT molecular complexity index is 576. The van der Waals surface area contributed by atoms with E-state index < -0.39 is 25.1 Å². The van der Waals surface area contributed by atoms with Crippen LogP contribution in [-0.2, 0) is 19.5 Å². The summed E-state index contributed by atoms with van der Waals surface area (Å²) >= 11 is 0. The Balaban J connectivity index is 3.73. The van der Waals surface area contributed by atoms with Crippen molar-refractivity contribution in [2.24, 2.45) is 0 Å². The fraction of sp³-hybridized carbons (Fsp3) is 0.333. The number of rotatable bonds is 5. The summed E-state index contributed by atoms with van der Waals surface area (Å²) in [6.45, 7) is 1.58. The van der Waals surface area contributed by atoms with Gasteiger partial charge in [0, 0.05) is 0 Å². The Morgan fingerprint density at radius 2 is 1.44 bits per heavy atom. The average Bonchev–Trinajstić information content (AvgIpc) is 2.23. The molecule has 104 valence electrons. The molecule has 1 aromatic rings. The van der Waals surface area contributed by atoms with Crippen LogP contribution >= 0.6 is 5.67 Å². The van der Waals surface area contributed by atoms with Crippen LogP contribution < -0.4 is 5.30 Å². The van der Waals surface area contributed by atoms with Gasteiger partial charge in [0.15, 0.2) is 0 Å². The van der Waals surface area contributed by atoms with E-state index in [0.717, 1.165) is 0 Å². The van der Waals surface area contributed by atoms with Gasteiger partial charge in [0.05, 0.1) is 0 Å². The minimum absolute atomic E-state index is 0.0446. The van der Waals surface area contributed by atoms with Crippen molar-refractivity contribution in [2.75, 3.05) is 6.16 Å². The molecule has 0 bridgehead atoms. The van der Waals surface area contributed by atoms with Crippen molar-refractivity contribution in [1.29, 1.82) is 0 Å². The Morgan fingerprint density at radius 3 is 1.78 bits per heavy atom. The van der Waals surface area contributed by atoms with Crippen LogP contribution in [0, 0.1) is 0 Å². The number of hydrogen-bond donors (Lipinski definition) is 2. The molecule has 0 spiro atoms. The van der Waals surface area contributed by atoms with E-state index in [4.69, 9.17) is 0 Å². The van der Waals surface area contributed by atoms with Gasteiger partial charge in [-0.3, -0.25) is 0 Å². The molecule has 1 rings (SSSR count).